The van der Waals surface area contributed by atoms with Gasteiger partial charge in [-0.25, -0.2) is 9.18 Å². The number of benzene rings is 3. The van der Waals surface area contributed by atoms with E-state index in [1.54, 1.807) is 59.5 Å². The van der Waals surface area contributed by atoms with Crippen LogP contribution in [0.4, 0.5) is 15.8 Å². The lowest BCUT2D eigenvalue weighted by atomic mass is 10.1. The number of ether oxygens (including phenoxy) is 1. The van der Waals surface area contributed by atoms with Crippen LogP contribution in [0.1, 0.15) is 26.5 Å². The van der Waals surface area contributed by atoms with Gasteiger partial charge in [-0.3, -0.25) is 9.59 Å². The second-order valence-electron chi connectivity index (χ2n) is 9.40. The third-order valence-electron chi connectivity index (χ3n) is 6.76. The summed E-state index contributed by atoms with van der Waals surface area (Å²) >= 11 is 0. The quantitative estimate of drug-likeness (QED) is 0.241. The predicted molar refractivity (Wildman–Crippen MR) is 154 cm³/mol. The van der Waals surface area contributed by atoms with Gasteiger partial charge in [0.25, 0.3) is 5.91 Å². The third kappa shape index (κ3) is 6.52. The van der Waals surface area contributed by atoms with Gasteiger partial charge in [0.2, 0.25) is 5.91 Å². The minimum atomic E-state index is -0.523. The van der Waals surface area contributed by atoms with Crippen LogP contribution in [-0.2, 0) is 9.53 Å². The molecule has 0 unspecified atom stereocenters. The normalized spacial score (nSPS) is 13.3. The summed E-state index contributed by atoms with van der Waals surface area (Å²) in [7, 11) is 1.30. The van der Waals surface area contributed by atoms with E-state index in [2.05, 4.69) is 10.2 Å². The van der Waals surface area contributed by atoms with Crippen LogP contribution >= 0.6 is 0 Å². The van der Waals surface area contributed by atoms with Crippen molar-refractivity contribution in [3.05, 3.63) is 114 Å². The fraction of sp³-hybridized carbons (Fsp3) is 0.156. The fourth-order valence-corrected chi connectivity index (χ4v) is 4.61. The lowest BCUT2D eigenvalue weighted by molar-refractivity contribution is -0.111. The Kier molecular flexibility index (Phi) is 8.24. The Bertz CT molecular complexity index is 1570. The zero-order valence-corrected chi connectivity index (χ0v) is 22.4. The topological polar surface area (TPSA) is 92.1 Å². The second kappa shape index (κ2) is 12.3. The SMILES string of the molecule is COC(=O)c1ccc(N2CCN(C(=O)c3ccccc3)CC2)c(NC(=O)/C=C/c2ccc(-c3ccc(F)cc3)o2)c1. The highest BCUT2D eigenvalue weighted by molar-refractivity contribution is 6.05. The molecule has 8 nitrogen and oxygen atoms in total. The van der Waals surface area contributed by atoms with Gasteiger partial charge in [0.05, 0.1) is 24.0 Å². The summed E-state index contributed by atoms with van der Waals surface area (Å²) < 4.78 is 23.8. The Hall–Kier alpha value is -5.18. The molecule has 0 atom stereocenters. The number of rotatable bonds is 7. The van der Waals surface area contributed by atoms with Crippen molar-refractivity contribution < 1.29 is 27.9 Å². The van der Waals surface area contributed by atoms with Crippen LogP contribution in [-0.4, -0.2) is 56.0 Å². The molecule has 1 aliphatic rings. The first-order valence-electron chi connectivity index (χ1n) is 13.1. The molecule has 2 amide bonds. The number of halogens is 1. The first kappa shape index (κ1) is 27.4. The maximum atomic E-state index is 13.2. The lowest BCUT2D eigenvalue weighted by Crippen LogP contribution is -2.49. The van der Waals surface area contributed by atoms with Gasteiger partial charge in [0, 0.05) is 43.4 Å². The Labute approximate surface area is 236 Å². The van der Waals surface area contributed by atoms with Crippen LogP contribution in [0.25, 0.3) is 17.4 Å². The second-order valence-corrected chi connectivity index (χ2v) is 9.40. The van der Waals surface area contributed by atoms with Crippen LogP contribution in [0.5, 0.6) is 0 Å². The Balaban J connectivity index is 1.29. The molecule has 1 N–H and O–H groups in total. The molecule has 0 radical (unpaired) electrons. The van der Waals surface area contributed by atoms with E-state index in [0.29, 0.717) is 60.1 Å². The molecule has 1 fully saturated rings. The average Bonchev–Trinajstić information content (AvgIpc) is 3.49. The summed E-state index contributed by atoms with van der Waals surface area (Å²) in [5.41, 5.74) is 2.82. The molecule has 0 aliphatic carbocycles. The largest absolute Gasteiger partial charge is 0.465 e. The molecule has 5 rings (SSSR count). The maximum Gasteiger partial charge on any atom is 0.337 e. The number of amides is 2. The van der Waals surface area contributed by atoms with Crippen molar-refractivity contribution in [2.75, 3.05) is 43.5 Å². The van der Waals surface area contributed by atoms with E-state index in [4.69, 9.17) is 9.15 Å². The minimum absolute atomic E-state index is 0.0227. The summed E-state index contributed by atoms with van der Waals surface area (Å²) in [5, 5.41) is 2.86. The predicted octanol–water partition coefficient (Wildman–Crippen LogP) is 5.49. The van der Waals surface area contributed by atoms with Crippen LogP contribution in [0.2, 0.25) is 0 Å². The number of furan rings is 1. The average molecular weight is 554 g/mol. The van der Waals surface area contributed by atoms with Crippen LogP contribution in [0, 0.1) is 5.82 Å². The summed E-state index contributed by atoms with van der Waals surface area (Å²) in [6.45, 7) is 2.12. The molecule has 0 bridgehead atoms. The van der Waals surface area contributed by atoms with Gasteiger partial charge in [-0.15, -0.1) is 0 Å². The smallest absolute Gasteiger partial charge is 0.337 e. The molecular weight excluding hydrogens is 525 g/mol. The van der Waals surface area contributed by atoms with Crippen molar-refractivity contribution in [1.82, 2.24) is 4.90 Å². The molecular formula is C32H28FN3O5. The number of nitrogens with one attached hydrogen (secondary N) is 1. The van der Waals surface area contributed by atoms with Crippen molar-refractivity contribution in [1.29, 1.82) is 0 Å². The van der Waals surface area contributed by atoms with Gasteiger partial charge in [-0.05, 0) is 72.8 Å². The number of hydrogen-bond donors (Lipinski definition) is 1. The van der Waals surface area contributed by atoms with Crippen molar-refractivity contribution in [3.63, 3.8) is 0 Å². The molecule has 1 aromatic heterocycles. The van der Waals surface area contributed by atoms with E-state index in [0.717, 1.165) is 5.69 Å². The van der Waals surface area contributed by atoms with Crippen molar-refractivity contribution >= 4 is 35.2 Å². The molecule has 2 heterocycles. The molecule has 0 spiro atoms. The van der Waals surface area contributed by atoms with Crippen molar-refractivity contribution in [2.24, 2.45) is 0 Å². The van der Waals surface area contributed by atoms with Gasteiger partial charge in [-0.1, -0.05) is 18.2 Å². The highest BCUT2D eigenvalue weighted by Gasteiger charge is 2.24. The van der Waals surface area contributed by atoms with E-state index in [9.17, 15) is 18.8 Å². The molecule has 9 heteroatoms. The number of hydrogen-bond acceptors (Lipinski definition) is 6. The molecule has 4 aromatic rings. The van der Waals surface area contributed by atoms with E-state index in [1.165, 1.54) is 31.4 Å². The Morgan fingerprint density at radius 3 is 2.32 bits per heavy atom. The minimum Gasteiger partial charge on any atom is -0.465 e. The van der Waals surface area contributed by atoms with Gasteiger partial charge in [0.1, 0.15) is 17.3 Å². The van der Waals surface area contributed by atoms with Gasteiger partial charge in [-0.2, -0.15) is 0 Å². The van der Waals surface area contributed by atoms with Crippen LogP contribution in [0.3, 0.4) is 0 Å². The van der Waals surface area contributed by atoms with Crippen molar-refractivity contribution in [3.8, 4) is 11.3 Å². The summed E-state index contributed by atoms with van der Waals surface area (Å²) in [4.78, 5) is 41.8. The van der Waals surface area contributed by atoms with E-state index in [1.807, 2.05) is 18.2 Å². The summed E-state index contributed by atoms with van der Waals surface area (Å²) in [5.74, 6) is -0.318. The monoisotopic (exact) mass is 553 g/mol. The first-order valence-corrected chi connectivity index (χ1v) is 13.1. The third-order valence-corrected chi connectivity index (χ3v) is 6.76. The zero-order valence-electron chi connectivity index (χ0n) is 22.4. The van der Waals surface area contributed by atoms with E-state index < -0.39 is 11.9 Å². The molecule has 1 saturated heterocycles. The molecule has 208 valence electrons. The van der Waals surface area contributed by atoms with Crippen LogP contribution < -0.4 is 10.2 Å². The Morgan fingerprint density at radius 1 is 0.878 bits per heavy atom. The van der Waals surface area contributed by atoms with E-state index in [-0.39, 0.29) is 11.7 Å². The maximum absolute atomic E-state index is 13.2. The number of piperazine rings is 1. The van der Waals surface area contributed by atoms with Gasteiger partial charge >= 0.3 is 5.97 Å². The number of anilines is 2. The first-order chi connectivity index (χ1) is 19.9. The standard InChI is InChI=1S/C32H28FN3O5/c1-40-32(39)24-9-14-28(35-17-19-36(20-18-35)31(38)23-5-3-2-4-6-23)27(21-24)34-30(37)16-13-26-12-15-29(41-26)22-7-10-25(33)11-8-22/h2-16,21H,17-20H2,1H3,(H,34,37)/b16-13+. The molecule has 41 heavy (non-hydrogen) atoms. The fourth-order valence-electron chi connectivity index (χ4n) is 4.61. The zero-order chi connectivity index (χ0) is 28.8. The van der Waals surface area contributed by atoms with Gasteiger partial charge < -0.3 is 24.3 Å². The van der Waals surface area contributed by atoms with Gasteiger partial charge in [0.15, 0.2) is 0 Å². The van der Waals surface area contributed by atoms with Crippen molar-refractivity contribution in [2.45, 2.75) is 0 Å². The lowest BCUT2D eigenvalue weighted by Gasteiger charge is -2.37. The number of methoxy groups -OCH3 is 1. The number of esters is 1. The number of carbonyl (C=O) groups is 3. The molecule has 0 saturated carbocycles. The summed E-state index contributed by atoms with van der Waals surface area (Å²) in [6.07, 6.45) is 2.86. The highest BCUT2D eigenvalue weighted by atomic mass is 19.1. The number of carbonyl (C=O) groups excluding carboxylic acids is 3. The number of nitrogens with zero attached hydrogens (tertiary/aromatic N) is 2. The Morgan fingerprint density at radius 2 is 1.61 bits per heavy atom. The molecule has 1 aliphatic heterocycles. The van der Waals surface area contributed by atoms with E-state index >= 15 is 0 Å². The van der Waals surface area contributed by atoms with Crippen LogP contribution in [0.15, 0.2) is 95.4 Å². The molecule has 3 aromatic carbocycles. The highest BCUT2D eigenvalue weighted by Crippen LogP contribution is 2.29. The summed E-state index contributed by atoms with van der Waals surface area (Å²) in [6, 6.07) is 23.5.